The molecule has 2 N–H and O–H groups in total. The highest BCUT2D eigenvalue weighted by atomic mass is 32.1. The van der Waals surface area contributed by atoms with Crippen LogP contribution in [0.15, 0.2) is 0 Å². The van der Waals surface area contributed by atoms with E-state index in [9.17, 15) is 0 Å². The fourth-order valence-corrected chi connectivity index (χ4v) is 3.54. The summed E-state index contributed by atoms with van der Waals surface area (Å²) in [7, 11) is 0. The molecule has 2 rings (SSSR count). The summed E-state index contributed by atoms with van der Waals surface area (Å²) < 4.78 is 0. The number of nitrogens with two attached hydrogens (primary N) is 1. The maximum absolute atomic E-state index is 5.80. The second-order valence-corrected chi connectivity index (χ2v) is 6.56. The Morgan fingerprint density at radius 1 is 1.39 bits per heavy atom. The minimum atomic E-state index is 0.643. The van der Waals surface area contributed by atoms with E-state index in [4.69, 9.17) is 10.7 Å². The summed E-state index contributed by atoms with van der Waals surface area (Å²) in [5.74, 6) is 0.896. The van der Waals surface area contributed by atoms with Crippen LogP contribution in [-0.2, 0) is 19.5 Å². The fourth-order valence-electron chi connectivity index (χ4n) is 2.51. The Labute approximate surface area is 114 Å². The normalized spacial score (nSPS) is 18.4. The Kier molecular flexibility index (Phi) is 5.15. The van der Waals surface area contributed by atoms with Gasteiger partial charge in [0.15, 0.2) is 0 Å². The first-order valence-corrected chi connectivity index (χ1v) is 7.94. The number of thiazole rings is 1. The Morgan fingerprint density at radius 2 is 2.11 bits per heavy atom. The zero-order valence-electron chi connectivity index (χ0n) is 11.6. The van der Waals surface area contributed by atoms with Gasteiger partial charge in [0.1, 0.15) is 5.01 Å². The van der Waals surface area contributed by atoms with Crippen molar-refractivity contribution < 1.29 is 0 Å². The summed E-state index contributed by atoms with van der Waals surface area (Å²) in [4.78, 5) is 8.61. The molecule has 0 atom stereocenters. The van der Waals surface area contributed by atoms with Crippen LogP contribution in [-0.4, -0.2) is 23.0 Å². The number of rotatable bonds is 5. The molecule has 1 aromatic heterocycles. The Balaban J connectivity index is 1.96. The maximum Gasteiger partial charge on any atom is 0.107 e. The van der Waals surface area contributed by atoms with Gasteiger partial charge in [0.2, 0.25) is 0 Å². The third-order valence-electron chi connectivity index (χ3n) is 3.73. The van der Waals surface area contributed by atoms with Crippen LogP contribution in [0.4, 0.5) is 0 Å². The summed E-state index contributed by atoms with van der Waals surface area (Å²) >= 11 is 1.82. The van der Waals surface area contributed by atoms with Gasteiger partial charge in [0, 0.05) is 11.4 Å². The van der Waals surface area contributed by atoms with Crippen molar-refractivity contribution in [2.24, 2.45) is 11.7 Å². The van der Waals surface area contributed by atoms with Gasteiger partial charge >= 0.3 is 0 Å². The van der Waals surface area contributed by atoms with Crippen molar-refractivity contribution in [3.63, 3.8) is 0 Å². The molecule has 1 aliphatic rings. The van der Waals surface area contributed by atoms with Crippen LogP contribution in [0, 0.1) is 5.92 Å². The first-order valence-electron chi connectivity index (χ1n) is 7.12. The Morgan fingerprint density at radius 3 is 2.72 bits per heavy atom. The second-order valence-electron chi connectivity index (χ2n) is 5.39. The van der Waals surface area contributed by atoms with Gasteiger partial charge in [-0.25, -0.2) is 4.98 Å². The molecule has 0 aromatic carbocycles. The van der Waals surface area contributed by atoms with Crippen molar-refractivity contribution in [3.05, 3.63) is 15.6 Å². The van der Waals surface area contributed by atoms with Crippen LogP contribution in [0.5, 0.6) is 0 Å². The third kappa shape index (κ3) is 3.53. The van der Waals surface area contributed by atoms with Gasteiger partial charge in [-0.3, -0.25) is 4.90 Å². The molecular weight excluding hydrogens is 242 g/mol. The first kappa shape index (κ1) is 14.0. The molecule has 1 fully saturated rings. The van der Waals surface area contributed by atoms with E-state index in [0.29, 0.717) is 6.54 Å². The largest absolute Gasteiger partial charge is 0.326 e. The molecule has 0 saturated carbocycles. The molecule has 1 aromatic rings. The van der Waals surface area contributed by atoms with E-state index in [1.54, 1.807) is 0 Å². The van der Waals surface area contributed by atoms with E-state index in [0.717, 1.165) is 25.3 Å². The quantitative estimate of drug-likeness (QED) is 0.892. The van der Waals surface area contributed by atoms with Crippen LogP contribution in [0.25, 0.3) is 0 Å². The lowest BCUT2D eigenvalue weighted by molar-refractivity contribution is 0.185. The number of aromatic nitrogens is 1. The summed E-state index contributed by atoms with van der Waals surface area (Å²) in [5.41, 5.74) is 7.04. The van der Waals surface area contributed by atoms with Crippen LogP contribution in [0.1, 0.15) is 48.7 Å². The molecule has 18 heavy (non-hydrogen) atoms. The zero-order valence-corrected chi connectivity index (χ0v) is 12.4. The molecule has 0 aliphatic carbocycles. The Bertz CT molecular complexity index is 367. The number of nitrogens with zero attached hydrogens (tertiary/aromatic N) is 2. The van der Waals surface area contributed by atoms with Crippen LogP contribution < -0.4 is 5.73 Å². The molecule has 0 unspecified atom stereocenters. The molecule has 4 heteroatoms. The summed E-state index contributed by atoms with van der Waals surface area (Å²) in [6.45, 7) is 8.67. The highest BCUT2D eigenvalue weighted by Crippen LogP contribution is 2.23. The average molecular weight is 267 g/mol. The van der Waals surface area contributed by atoms with Crippen molar-refractivity contribution in [1.82, 2.24) is 9.88 Å². The van der Waals surface area contributed by atoms with Crippen molar-refractivity contribution in [2.75, 3.05) is 13.1 Å². The molecule has 102 valence electrons. The minimum Gasteiger partial charge on any atom is -0.326 e. The maximum atomic E-state index is 5.80. The molecule has 0 spiro atoms. The van der Waals surface area contributed by atoms with E-state index in [1.165, 1.54) is 41.5 Å². The van der Waals surface area contributed by atoms with Crippen molar-refractivity contribution in [3.8, 4) is 0 Å². The number of likely N-dealkylation sites (tertiary alicyclic amines) is 1. The van der Waals surface area contributed by atoms with Gasteiger partial charge in [-0.1, -0.05) is 20.3 Å². The number of piperidine rings is 1. The van der Waals surface area contributed by atoms with E-state index in [1.807, 2.05) is 11.3 Å². The van der Waals surface area contributed by atoms with E-state index < -0.39 is 0 Å². The molecule has 1 aliphatic heterocycles. The smallest absolute Gasteiger partial charge is 0.107 e. The van der Waals surface area contributed by atoms with Gasteiger partial charge in [-0.05, 0) is 38.3 Å². The minimum absolute atomic E-state index is 0.643. The average Bonchev–Trinajstić information content (AvgIpc) is 2.75. The van der Waals surface area contributed by atoms with Gasteiger partial charge in [-0.15, -0.1) is 11.3 Å². The monoisotopic (exact) mass is 267 g/mol. The van der Waals surface area contributed by atoms with Gasteiger partial charge < -0.3 is 5.73 Å². The summed E-state index contributed by atoms with van der Waals surface area (Å²) in [6, 6.07) is 0. The van der Waals surface area contributed by atoms with Crippen LogP contribution in [0.3, 0.4) is 0 Å². The van der Waals surface area contributed by atoms with Crippen molar-refractivity contribution in [1.29, 1.82) is 0 Å². The lowest BCUT2D eigenvalue weighted by Crippen LogP contribution is -2.32. The highest BCUT2D eigenvalue weighted by Gasteiger charge is 2.18. The van der Waals surface area contributed by atoms with Gasteiger partial charge in [0.05, 0.1) is 12.2 Å². The lowest BCUT2D eigenvalue weighted by atomic mass is 9.99. The fraction of sp³-hybridized carbons (Fsp3) is 0.786. The van der Waals surface area contributed by atoms with E-state index in [-0.39, 0.29) is 0 Å². The topological polar surface area (TPSA) is 42.2 Å². The second kappa shape index (κ2) is 6.64. The number of aryl methyl sites for hydroxylation is 1. The van der Waals surface area contributed by atoms with E-state index in [2.05, 4.69) is 18.7 Å². The van der Waals surface area contributed by atoms with Gasteiger partial charge in [-0.2, -0.15) is 0 Å². The SMILES string of the molecule is CCCc1nc(CN2CCC(C)CC2)sc1CN. The molecule has 3 nitrogen and oxygen atoms in total. The number of hydrogen-bond donors (Lipinski definition) is 1. The third-order valence-corrected chi connectivity index (χ3v) is 4.83. The molecular formula is C14H25N3S. The molecule has 0 radical (unpaired) electrons. The Hall–Kier alpha value is -0.450. The molecule has 1 saturated heterocycles. The van der Waals surface area contributed by atoms with Crippen LogP contribution in [0.2, 0.25) is 0 Å². The number of hydrogen-bond acceptors (Lipinski definition) is 4. The van der Waals surface area contributed by atoms with Gasteiger partial charge in [0.25, 0.3) is 0 Å². The molecule has 0 amide bonds. The first-order chi connectivity index (χ1) is 8.72. The van der Waals surface area contributed by atoms with Crippen molar-refractivity contribution >= 4 is 11.3 Å². The van der Waals surface area contributed by atoms with E-state index >= 15 is 0 Å². The summed E-state index contributed by atoms with van der Waals surface area (Å²) in [6.07, 6.45) is 4.88. The predicted molar refractivity (Wildman–Crippen MR) is 77.7 cm³/mol. The molecule has 2 heterocycles. The van der Waals surface area contributed by atoms with Crippen LogP contribution >= 0.6 is 11.3 Å². The lowest BCUT2D eigenvalue weighted by Gasteiger charge is -2.29. The van der Waals surface area contributed by atoms with Crippen molar-refractivity contribution in [2.45, 2.75) is 52.6 Å². The predicted octanol–water partition coefficient (Wildman–Crippen LogP) is 2.79. The summed E-state index contributed by atoms with van der Waals surface area (Å²) in [5, 5.41) is 1.26. The molecule has 0 bridgehead atoms. The zero-order chi connectivity index (χ0) is 13.0. The highest BCUT2D eigenvalue weighted by molar-refractivity contribution is 7.11. The standard InChI is InChI=1S/C14H25N3S/c1-3-4-12-13(9-15)18-14(16-12)10-17-7-5-11(2)6-8-17/h11H,3-10,15H2,1-2H3.